The molecule has 0 aliphatic carbocycles. The summed E-state index contributed by atoms with van der Waals surface area (Å²) in [4.78, 5) is 2.59. The second-order valence-electron chi connectivity index (χ2n) is 13.6. The van der Waals surface area contributed by atoms with Crippen molar-refractivity contribution in [1.29, 1.82) is 0 Å². The highest BCUT2D eigenvalue weighted by molar-refractivity contribution is 5.85. The third-order valence-corrected chi connectivity index (χ3v) is 9.29. The molecule has 2 heteroatoms. The van der Waals surface area contributed by atoms with Crippen LogP contribution in [0.25, 0.3) is 0 Å². The van der Waals surface area contributed by atoms with Gasteiger partial charge < -0.3 is 4.90 Å². The van der Waals surface area contributed by atoms with E-state index in [1.165, 1.54) is 231 Å². The molecule has 0 rings (SSSR count). The Morgan fingerprint density at radius 3 is 0.561 bits per heavy atom. The van der Waals surface area contributed by atoms with Crippen LogP contribution < -0.4 is 0 Å². The van der Waals surface area contributed by atoms with E-state index in [1.54, 1.807) is 0 Å². The summed E-state index contributed by atoms with van der Waals surface area (Å²) in [5, 5.41) is 0. The second kappa shape index (κ2) is 40.2. The van der Waals surface area contributed by atoms with Crippen molar-refractivity contribution in [1.82, 2.24) is 4.90 Å². The Balaban J connectivity index is 0. The molecule has 0 aromatic carbocycles. The highest BCUT2D eigenvalue weighted by Gasteiger charge is 2.00. The average Bonchev–Trinajstić information content (AvgIpc) is 2.96. The fourth-order valence-electron chi connectivity index (χ4n) is 6.32. The van der Waals surface area contributed by atoms with Gasteiger partial charge in [-0.1, -0.05) is 219 Å². The maximum atomic E-state index is 2.59. The van der Waals surface area contributed by atoms with Crippen molar-refractivity contribution in [2.75, 3.05) is 20.1 Å². The molecule has 0 aliphatic rings. The zero-order chi connectivity index (χ0) is 29.0. The first kappa shape index (κ1) is 43.4. The molecule has 0 amide bonds. The molecule has 250 valence electrons. The molecule has 0 N–H and O–H groups in total. The van der Waals surface area contributed by atoms with Crippen molar-refractivity contribution in [2.24, 2.45) is 0 Å². The molecule has 0 fully saturated rings. The topological polar surface area (TPSA) is 3.24 Å². The zero-order valence-corrected chi connectivity index (χ0v) is 30.1. The number of unbranched alkanes of at least 4 members (excludes halogenated alkanes) is 32. The quantitative estimate of drug-likeness (QED) is 0.0647. The Kier molecular flexibility index (Phi) is 42.6. The van der Waals surface area contributed by atoms with Gasteiger partial charge in [-0.25, -0.2) is 0 Å². The van der Waals surface area contributed by atoms with Crippen molar-refractivity contribution < 1.29 is 0 Å². The minimum absolute atomic E-state index is 0. The number of hydrogen-bond donors (Lipinski definition) is 0. The van der Waals surface area contributed by atoms with Gasteiger partial charge in [-0.15, -0.1) is 12.4 Å². The highest BCUT2D eigenvalue weighted by atomic mass is 35.5. The van der Waals surface area contributed by atoms with Crippen molar-refractivity contribution in [2.45, 2.75) is 232 Å². The number of halogens is 1. The second-order valence-corrected chi connectivity index (χ2v) is 13.6. The zero-order valence-electron chi connectivity index (χ0n) is 29.3. The summed E-state index contributed by atoms with van der Waals surface area (Å²) in [6.45, 7) is 7.25. The lowest BCUT2D eigenvalue weighted by Crippen LogP contribution is -2.20. The van der Waals surface area contributed by atoms with Gasteiger partial charge in [0.05, 0.1) is 0 Å². The molecule has 0 aliphatic heterocycles. The molecule has 41 heavy (non-hydrogen) atoms. The van der Waals surface area contributed by atoms with Crippen LogP contribution >= 0.6 is 12.4 Å². The van der Waals surface area contributed by atoms with Gasteiger partial charge in [0.1, 0.15) is 0 Å². The Morgan fingerprint density at radius 2 is 0.390 bits per heavy atom. The van der Waals surface area contributed by atoms with Crippen molar-refractivity contribution in [3.05, 3.63) is 0 Å². The van der Waals surface area contributed by atoms with Gasteiger partial charge >= 0.3 is 0 Å². The predicted molar refractivity (Wildman–Crippen MR) is 193 cm³/mol. The van der Waals surface area contributed by atoms with Gasteiger partial charge in [-0.2, -0.15) is 0 Å². The predicted octanol–water partition coefficient (Wildman–Crippen LogP) is 14.6. The van der Waals surface area contributed by atoms with Crippen LogP contribution in [0.15, 0.2) is 0 Å². The van der Waals surface area contributed by atoms with Crippen LogP contribution in [0, 0.1) is 0 Å². The fourth-order valence-corrected chi connectivity index (χ4v) is 6.32. The van der Waals surface area contributed by atoms with Crippen molar-refractivity contribution in [3.8, 4) is 0 Å². The van der Waals surface area contributed by atoms with Crippen LogP contribution in [-0.2, 0) is 0 Å². The largest absolute Gasteiger partial charge is 0.306 e. The van der Waals surface area contributed by atoms with Gasteiger partial charge in [-0.3, -0.25) is 0 Å². The molecule has 0 aromatic rings. The first-order valence-corrected chi connectivity index (χ1v) is 19.5. The van der Waals surface area contributed by atoms with Gasteiger partial charge in [-0.05, 0) is 33.0 Å². The fraction of sp³-hybridized carbons (Fsp3) is 1.00. The molecular formula is C39H82ClN. The Bertz CT molecular complexity index is 426. The van der Waals surface area contributed by atoms with Gasteiger partial charge in [0.25, 0.3) is 0 Å². The van der Waals surface area contributed by atoms with E-state index in [2.05, 4.69) is 25.8 Å². The number of nitrogens with zero attached hydrogens (tertiary/aromatic N) is 1. The summed E-state index contributed by atoms with van der Waals surface area (Å²) in [6.07, 6.45) is 49.8. The molecule has 1 nitrogen and oxygen atoms in total. The Labute approximate surface area is 269 Å². The summed E-state index contributed by atoms with van der Waals surface area (Å²) >= 11 is 0. The molecule has 0 aromatic heterocycles. The maximum Gasteiger partial charge on any atom is -0.00218 e. The molecule has 0 saturated heterocycles. The van der Waals surface area contributed by atoms with E-state index in [4.69, 9.17) is 0 Å². The van der Waals surface area contributed by atoms with E-state index in [0.717, 1.165) is 0 Å². The van der Waals surface area contributed by atoms with E-state index in [9.17, 15) is 0 Å². The van der Waals surface area contributed by atoms with Gasteiger partial charge in [0.15, 0.2) is 0 Å². The number of rotatable bonds is 36. The number of hydrogen-bond acceptors (Lipinski definition) is 1. The minimum Gasteiger partial charge on any atom is -0.306 e. The lowest BCUT2D eigenvalue weighted by Gasteiger charge is -2.16. The lowest BCUT2D eigenvalue weighted by atomic mass is 10.0. The summed E-state index contributed by atoms with van der Waals surface area (Å²) in [5.74, 6) is 0. The first-order valence-electron chi connectivity index (χ1n) is 19.5. The summed E-state index contributed by atoms with van der Waals surface area (Å²) in [5.41, 5.74) is 0. The van der Waals surface area contributed by atoms with Crippen molar-refractivity contribution in [3.63, 3.8) is 0 Å². The Hall–Kier alpha value is 0.250. The molecule has 0 bridgehead atoms. The van der Waals surface area contributed by atoms with E-state index in [-0.39, 0.29) is 12.4 Å². The average molecular weight is 601 g/mol. The monoisotopic (exact) mass is 600 g/mol. The smallest absolute Gasteiger partial charge is 0.00218 e. The molecular weight excluding hydrogens is 518 g/mol. The van der Waals surface area contributed by atoms with Gasteiger partial charge in [0.2, 0.25) is 0 Å². The highest BCUT2D eigenvalue weighted by Crippen LogP contribution is 2.16. The normalized spacial score (nSPS) is 11.4. The SMILES string of the molecule is CCCCCCCCCCCCCCCCCCCCCCN(C)CCCCCCCCCCCCCCCC.Cl. The van der Waals surface area contributed by atoms with Crippen LogP contribution in [0.4, 0.5) is 0 Å². The lowest BCUT2D eigenvalue weighted by molar-refractivity contribution is 0.314. The Morgan fingerprint density at radius 1 is 0.244 bits per heavy atom. The van der Waals surface area contributed by atoms with Crippen molar-refractivity contribution >= 4 is 12.4 Å². The molecule has 0 saturated carbocycles. The van der Waals surface area contributed by atoms with Gasteiger partial charge in [0, 0.05) is 0 Å². The van der Waals surface area contributed by atoms with Crippen LogP contribution in [-0.4, -0.2) is 25.0 Å². The van der Waals surface area contributed by atoms with E-state index < -0.39 is 0 Å². The molecule has 0 heterocycles. The van der Waals surface area contributed by atoms with E-state index >= 15 is 0 Å². The van der Waals surface area contributed by atoms with Crippen LogP contribution in [0.2, 0.25) is 0 Å². The third kappa shape index (κ3) is 40.2. The summed E-state index contributed by atoms with van der Waals surface area (Å²) < 4.78 is 0. The third-order valence-electron chi connectivity index (χ3n) is 9.29. The van der Waals surface area contributed by atoms with E-state index in [1.807, 2.05) is 0 Å². The molecule has 0 unspecified atom stereocenters. The van der Waals surface area contributed by atoms with E-state index in [0.29, 0.717) is 0 Å². The molecule has 0 spiro atoms. The molecule has 0 radical (unpaired) electrons. The first-order chi connectivity index (χ1) is 19.8. The van der Waals surface area contributed by atoms with Crippen LogP contribution in [0.5, 0.6) is 0 Å². The standard InChI is InChI=1S/C39H81N.ClH/c1-4-6-8-10-12-14-16-18-20-21-22-23-24-25-27-29-31-33-35-37-39-40(3)38-36-34-32-30-28-26-19-17-15-13-11-9-7-5-2;/h4-39H2,1-3H3;1H. The van der Waals surface area contributed by atoms with Crippen LogP contribution in [0.1, 0.15) is 232 Å². The van der Waals surface area contributed by atoms with Crippen LogP contribution in [0.3, 0.4) is 0 Å². The maximum absolute atomic E-state index is 2.59. The molecule has 0 atom stereocenters. The summed E-state index contributed by atoms with van der Waals surface area (Å²) in [6, 6.07) is 0. The minimum atomic E-state index is 0. The summed E-state index contributed by atoms with van der Waals surface area (Å²) in [7, 11) is 2.35.